The van der Waals surface area contributed by atoms with Gasteiger partial charge in [-0.15, -0.1) is 0 Å². The first-order chi connectivity index (χ1) is 9.20. The highest BCUT2D eigenvalue weighted by molar-refractivity contribution is 9.10. The van der Waals surface area contributed by atoms with Crippen LogP contribution in [0.4, 0.5) is 0 Å². The SMILES string of the molecule is COc1ccc(Br)cc1CN=C(N)N1CCCCC1. The smallest absolute Gasteiger partial charge is 0.191 e. The molecule has 0 bridgehead atoms. The van der Waals surface area contributed by atoms with Gasteiger partial charge in [0.1, 0.15) is 5.75 Å². The van der Waals surface area contributed by atoms with Crippen LogP contribution in [-0.4, -0.2) is 31.1 Å². The molecule has 0 spiro atoms. The molecule has 5 heteroatoms. The Hall–Kier alpha value is -1.23. The fraction of sp³-hybridized carbons (Fsp3) is 0.500. The molecule has 104 valence electrons. The van der Waals surface area contributed by atoms with Crippen molar-refractivity contribution in [3.8, 4) is 5.75 Å². The maximum atomic E-state index is 6.05. The molecule has 1 fully saturated rings. The highest BCUT2D eigenvalue weighted by atomic mass is 79.9. The Morgan fingerprint density at radius 2 is 2.11 bits per heavy atom. The lowest BCUT2D eigenvalue weighted by atomic mass is 10.1. The summed E-state index contributed by atoms with van der Waals surface area (Å²) in [4.78, 5) is 6.65. The zero-order valence-electron chi connectivity index (χ0n) is 11.2. The van der Waals surface area contributed by atoms with Gasteiger partial charge in [0.25, 0.3) is 0 Å². The lowest BCUT2D eigenvalue weighted by Crippen LogP contribution is -2.40. The zero-order valence-corrected chi connectivity index (χ0v) is 12.8. The summed E-state index contributed by atoms with van der Waals surface area (Å²) in [5.74, 6) is 1.49. The van der Waals surface area contributed by atoms with Gasteiger partial charge in [-0.05, 0) is 37.5 Å². The lowest BCUT2D eigenvalue weighted by molar-refractivity contribution is 0.338. The molecule has 1 aliphatic heterocycles. The van der Waals surface area contributed by atoms with Crippen LogP contribution < -0.4 is 10.5 Å². The molecule has 0 amide bonds. The Morgan fingerprint density at radius 3 is 2.79 bits per heavy atom. The van der Waals surface area contributed by atoms with Gasteiger partial charge in [0, 0.05) is 23.1 Å². The number of rotatable bonds is 3. The van der Waals surface area contributed by atoms with Crippen molar-refractivity contribution >= 4 is 21.9 Å². The first-order valence-corrected chi connectivity index (χ1v) is 7.37. The van der Waals surface area contributed by atoms with E-state index in [-0.39, 0.29) is 0 Å². The van der Waals surface area contributed by atoms with Crippen LogP contribution in [0.3, 0.4) is 0 Å². The van der Waals surface area contributed by atoms with Crippen molar-refractivity contribution in [1.82, 2.24) is 4.90 Å². The normalized spacial score (nSPS) is 16.5. The predicted octanol–water partition coefficient (Wildman–Crippen LogP) is 2.76. The van der Waals surface area contributed by atoms with Crippen molar-refractivity contribution in [3.05, 3.63) is 28.2 Å². The second-order valence-corrected chi connectivity index (χ2v) is 5.59. The third-order valence-corrected chi connectivity index (χ3v) is 3.83. The van der Waals surface area contributed by atoms with Gasteiger partial charge < -0.3 is 15.4 Å². The Balaban J connectivity index is 2.05. The first-order valence-electron chi connectivity index (χ1n) is 6.58. The molecule has 0 radical (unpaired) electrons. The summed E-state index contributed by atoms with van der Waals surface area (Å²) < 4.78 is 6.36. The van der Waals surface area contributed by atoms with E-state index in [1.807, 2.05) is 18.2 Å². The van der Waals surface area contributed by atoms with E-state index in [0.29, 0.717) is 12.5 Å². The number of guanidine groups is 1. The second kappa shape index (κ2) is 6.80. The van der Waals surface area contributed by atoms with Gasteiger partial charge in [-0.2, -0.15) is 0 Å². The van der Waals surface area contributed by atoms with Gasteiger partial charge in [0.15, 0.2) is 5.96 Å². The molecule has 0 aromatic heterocycles. The van der Waals surface area contributed by atoms with Crippen LogP contribution in [0.5, 0.6) is 5.75 Å². The monoisotopic (exact) mass is 325 g/mol. The topological polar surface area (TPSA) is 50.9 Å². The quantitative estimate of drug-likeness (QED) is 0.686. The number of halogens is 1. The van der Waals surface area contributed by atoms with E-state index in [0.717, 1.165) is 28.9 Å². The van der Waals surface area contributed by atoms with Crippen LogP contribution in [0.25, 0.3) is 0 Å². The largest absolute Gasteiger partial charge is 0.496 e. The number of hydrogen-bond donors (Lipinski definition) is 1. The van der Waals surface area contributed by atoms with Crippen molar-refractivity contribution in [2.75, 3.05) is 20.2 Å². The summed E-state index contributed by atoms with van der Waals surface area (Å²) in [6.07, 6.45) is 3.70. The fourth-order valence-corrected chi connectivity index (χ4v) is 2.67. The van der Waals surface area contributed by atoms with Crippen LogP contribution in [-0.2, 0) is 6.54 Å². The molecule has 19 heavy (non-hydrogen) atoms. The standard InChI is InChI=1S/C14H20BrN3O/c1-19-13-6-5-12(15)9-11(13)10-17-14(16)18-7-3-2-4-8-18/h5-6,9H,2-4,7-8,10H2,1H3,(H2,16,17). The Kier molecular flexibility index (Phi) is 5.07. The number of benzene rings is 1. The van der Waals surface area contributed by atoms with E-state index >= 15 is 0 Å². The molecule has 0 atom stereocenters. The van der Waals surface area contributed by atoms with Crippen LogP contribution in [0.2, 0.25) is 0 Å². The average molecular weight is 326 g/mol. The molecular formula is C14H20BrN3O. The molecule has 2 rings (SSSR count). The number of nitrogens with zero attached hydrogens (tertiary/aromatic N) is 2. The second-order valence-electron chi connectivity index (χ2n) is 4.68. The number of aliphatic imine (C=N–C) groups is 1. The number of hydrogen-bond acceptors (Lipinski definition) is 2. The highest BCUT2D eigenvalue weighted by Gasteiger charge is 2.12. The van der Waals surface area contributed by atoms with E-state index in [1.165, 1.54) is 19.3 Å². The summed E-state index contributed by atoms with van der Waals surface area (Å²) in [7, 11) is 1.67. The van der Waals surface area contributed by atoms with Crippen LogP contribution in [0.15, 0.2) is 27.7 Å². The molecule has 0 aliphatic carbocycles. The molecule has 2 N–H and O–H groups in total. The molecule has 4 nitrogen and oxygen atoms in total. The Morgan fingerprint density at radius 1 is 1.37 bits per heavy atom. The van der Waals surface area contributed by atoms with E-state index in [2.05, 4.69) is 25.8 Å². The van der Waals surface area contributed by atoms with Gasteiger partial charge in [0.05, 0.1) is 13.7 Å². The molecule has 1 aromatic carbocycles. The van der Waals surface area contributed by atoms with Crippen molar-refractivity contribution in [2.24, 2.45) is 10.7 Å². The van der Waals surface area contributed by atoms with Gasteiger partial charge in [-0.3, -0.25) is 0 Å². The van der Waals surface area contributed by atoms with Crippen LogP contribution in [0, 0.1) is 0 Å². The van der Waals surface area contributed by atoms with Gasteiger partial charge in [-0.1, -0.05) is 15.9 Å². The zero-order chi connectivity index (χ0) is 13.7. The molecular weight excluding hydrogens is 306 g/mol. The third kappa shape index (κ3) is 3.86. The number of methoxy groups -OCH3 is 1. The molecule has 1 aromatic rings. The molecule has 1 saturated heterocycles. The van der Waals surface area contributed by atoms with Gasteiger partial charge in [-0.25, -0.2) is 4.99 Å². The van der Waals surface area contributed by atoms with Crippen molar-refractivity contribution in [2.45, 2.75) is 25.8 Å². The van der Waals surface area contributed by atoms with Crippen molar-refractivity contribution in [1.29, 1.82) is 0 Å². The van der Waals surface area contributed by atoms with E-state index in [9.17, 15) is 0 Å². The predicted molar refractivity (Wildman–Crippen MR) is 81.4 cm³/mol. The molecule has 0 saturated carbocycles. The van der Waals surface area contributed by atoms with Crippen molar-refractivity contribution < 1.29 is 4.74 Å². The van der Waals surface area contributed by atoms with Crippen LogP contribution in [0.1, 0.15) is 24.8 Å². The van der Waals surface area contributed by atoms with Crippen LogP contribution >= 0.6 is 15.9 Å². The van der Waals surface area contributed by atoms with Gasteiger partial charge in [0.2, 0.25) is 0 Å². The maximum absolute atomic E-state index is 6.05. The van der Waals surface area contributed by atoms with E-state index in [4.69, 9.17) is 10.5 Å². The number of nitrogens with two attached hydrogens (primary N) is 1. The number of likely N-dealkylation sites (tertiary alicyclic amines) is 1. The maximum Gasteiger partial charge on any atom is 0.191 e. The first kappa shape index (κ1) is 14.2. The van der Waals surface area contributed by atoms with E-state index in [1.54, 1.807) is 7.11 Å². The summed E-state index contributed by atoms with van der Waals surface area (Å²) >= 11 is 3.46. The molecule has 0 unspecified atom stereocenters. The minimum Gasteiger partial charge on any atom is -0.496 e. The van der Waals surface area contributed by atoms with Crippen molar-refractivity contribution in [3.63, 3.8) is 0 Å². The summed E-state index contributed by atoms with van der Waals surface area (Å²) in [5.41, 5.74) is 7.09. The van der Waals surface area contributed by atoms with Gasteiger partial charge >= 0.3 is 0 Å². The Bertz CT molecular complexity index is 456. The van der Waals surface area contributed by atoms with E-state index < -0.39 is 0 Å². The Labute approximate surface area is 122 Å². The average Bonchev–Trinajstić information content (AvgIpc) is 2.46. The molecule has 1 aliphatic rings. The summed E-state index contributed by atoms with van der Waals surface area (Å²) in [6.45, 7) is 2.58. The number of piperidine rings is 1. The minimum absolute atomic E-state index is 0.547. The summed E-state index contributed by atoms with van der Waals surface area (Å²) in [5, 5.41) is 0. The third-order valence-electron chi connectivity index (χ3n) is 3.33. The summed E-state index contributed by atoms with van der Waals surface area (Å²) in [6, 6.07) is 5.91. The lowest BCUT2D eigenvalue weighted by Gasteiger charge is -2.27. The highest BCUT2D eigenvalue weighted by Crippen LogP contribution is 2.23. The number of ether oxygens (including phenoxy) is 1. The molecule has 1 heterocycles. The fourth-order valence-electron chi connectivity index (χ4n) is 2.26. The minimum atomic E-state index is 0.547.